The van der Waals surface area contributed by atoms with Gasteiger partial charge in [-0.3, -0.25) is 9.59 Å². The monoisotopic (exact) mass is 264 g/mol. The van der Waals surface area contributed by atoms with Gasteiger partial charge in [-0.15, -0.1) is 0 Å². The van der Waals surface area contributed by atoms with E-state index in [-0.39, 0.29) is 12.5 Å². The lowest BCUT2D eigenvalue weighted by atomic mass is 10.0. The second-order valence-electron chi connectivity index (χ2n) is 4.51. The van der Waals surface area contributed by atoms with Gasteiger partial charge in [-0.1, -0.05) is 37.3 Å². The van der Waals surface area contributed by atoms with Gasteiger partial charge in [-0.2, -0.15) is 0 Å². The lowest BCUT2D eigenvalue weighted by Crippen LogP contribution is -2.46. The second kappa shape index (κ2) is 7.53. The lowest BCUT2D eigenvalue weighted by Gasteiger charge is -2.19. The number of nitrogens with two attached hydrogens (primary N) is 1. The fourth-order valence-electron chi connectivity index (χ4n) is 1.79. The van der Waals surface area contributed by atoms with Crippen molar-refractivity contribution in [2.24, 2.45) is 5.73 Å². The largest absolute Gasteiger partial charge is 0.481 e. The van der Waals surface area contributed by atoms with Crippen molar-refractivity contribution in [2.75, 3.05) is 0 Å². The maximum atomic E-state index is 11.7. The molecule has 0 unspecified atom stereocenters. The fourth-order valence-corrected chi connectivity index (χ4v) is 1.79. The zero-order valence-corrected chi connectivity index (χ0v) is 11.0. The van der Waals surface area contributed by atoms with E-state index < -0.39 is 17.9 Å². The maximum Gasteiger partial charge on any atom is 0.305 e. The molecular formula is C14H20N2O3. The average molecular weight is 264 g/mol. The normalized spacial score (nSPS) is 13.6. The molecule has 0 saturated heterocycles. The van der Waals surface area contributed by atoms with Crippen LogP contribution in [0.15, 0.2) is 30.3 Å². The van der Waals surface area contributed by atoms with Crippen molar-refractivity contribution < 1.29 is 14.7 Å². The minimum absolute atomic E-state index is 0.0326. The number of aliphatic carboxylic acids is 1. The number of nitrogens with one attached hydrogen (secondary N) is 1. The van der Waals surface area contributed by atoms with Crippen LogP contribution in [-0.4, -0.2) is 29.1 Å². The molecule has 1 aromatic carbocycles. The first-order valence-electron chi connectivity index (χ1n) is 6.34. The van der Waals surface area contributed by atoms with Crippen LogP contribution >= 0.6 is 0 Å². The molecule has 1 rings (SSSR count). The van der Waals surface area contributed by atoms with Crippen LogP contribution in [0.5, 0.6) is 0 Å². The zero-order valence-electron chi connectivity index (χ0n) is 11.0. The topological polar surface area (TPSA) is 92.4 Å². The van der Waals surface area contributed by atoms with Crippen LogP contribution in [0.1, 0.15) is 25.3 Å². The minimum atomic E-state index is -1.07. The molecular weight excluding hydrogens is 244 g/mol. The van der Waals surface area contributed by atoms with Crippen molar-refractivity contribution in [3.63, 3.8) is 0 Å². The lowest BCUT2D eigenvalue weighted by molar-refractivity contribution is -0.139. The highest BCUT2D eigenvalue weighted by atomic mass is 16.4. The number of rotatable bonds is 7. The molecule has 104 valence electrons. The fraction of sp³-hybridized carbons (Fsp3) is 0.429. The third-order valence-corrected chi connectivity index (χ3v) is 2.90. The van der Waals surface area contributed by atoms with E-state index in [1.807, 2.05) is 37.3 Å². The Morgan fingerprint density at radius 1 is 1.32 bits per heavy atom. The van der Waals surface area contributed by atoms with E-state index in [1.54, 1.807) is 0 Å². The summed E-state index contributed by atoms with van der Waals surface area (Å²) in [5.74, 6) is -1.48. The molecule has 0 aliphatic carbocycles. The highest BCUT2D eigenvalue weighted by molar-refractivity contribution is 5.86. The Morgan fingerprint density at radius 3 is 2.47 bits per heavy atom. The molecule has 0 radical (unpaired) electrons. The van der Waals surface area contributed by atoms with Gasteiger partial charge in [0.05, 0.1) is 12.5 Å². The van der Waals surface area contributed by atoms with Gasteiger partial charge in [-0.25, -0.2) is 0 Å². The number of amides is 1. The molecule has 0 heterocycles. The predicted molar refractivity (Wildman–Crippen MR) is 72.6 cm³/mol. The molecule has 0 aliphatic rings. The van der Waals surface area contributed by atoms with Gasteiger partial charge in [0.2, 0.25) is 5.91 Å². The summed E-state index contributed by atoms with van der Waals surface area (Å²) in [5.41, 5.74) is 6.65. The Balaban J connectivity index is 2.52. The van der Waals surface area contributed by atoms with Gasteiger partial charge >= 0.3 is 5.97 Å². The van der Waals surface area contributed by atoms with Crippen molar-refractivity contribution in [1.82, 2.24) is 5.32 Å². The van der Waals surface area contributed by atoms with E-state index in [4.69, 9.17) is 10.8 Å². The molecule has 2 atom stereocenters. The highest BCUT2D eigenvalue weighted by Crippen LogP contribution is 2.06. The van der Waals surface area contributed by atoms with Crippen LogP contribution in [0.4, 0.5) is 0 Å². The quantitative estimate of drug-likeness (QED) is 0.683. The zero-order chi connectivity index (χ0) is 14.3. The highest BCUT2D eigenvalue weighted by Gasteiger charge is 2.19. The summed E-state index contributed by atoms with van der Waals surface area (Å²) >= 11 is 0. The number of benzene rings is 1. The van der Waals surface area contributed by atoms with Gasteiger partial charge in [0, 0.05) is 6.04 Å². The van der Waals surface area contributed by atoms with Crippen molar-refractivity contribution in [3.05, 3.63) is 35.9 Å². The van der Waals surface area contributed by atoms with Crippen LogP contribution in [0.2, 0.25) is 0 Å². The molecule has 1 aromatic rings. The summed E-state index contributed by atoms with van der Waals surface area (Å²) in [6, 6.07) is 8.78. The van der Waals surface area contributed by atoms with Gasteiger partial charge in [0.15, 0.2) is 0 Å². The van der Waals surface area contributed by atoms with Crippen LogP contribution in [0, 0.1) is 0 Å². The molecule has 0 saturated carbocycles. The van der Waals surface area contributed by atoms with Crippen LogP contribution in [0.25, 0.3) is 0 Å². The van der Waals surface area contributed by atoms with E-state index in [9.17, 15) is 9.59 Å². The second-order valence-corrected chi connectivity index (χ2v) is 4.51. The number of carboxylic acids is 1. The molecule has 0 aromatic heterocycles. The molecule has 0 fully saturated rings. The molecule has 0 aliphatic heterocycles. The van der Waals surface area contributed by atoms with Gasteiger partial charge < -0.3 is 16.2 Å². The Bertz CT molecular complexity index is 420. The summed E-state index contributed by atoms with van der Waals surface area (Å²) in [6.45, 7) is 1.97. The van der Waals surface area contributed by atoms with Crippen LogP contribution in [-0.2, 0) is 16.0 Å². The molecule has 0 spiro atoms. The molecule has 5 heteroatoms. The Morgan fingerprint density at radius 2 is 1.95 bits per heavy atom. The van der Waals surface area contributed by atoms with Crippen LogP contribution in [0.3, 0.4) is 0 Å². The number of hydrogen-bond acceptors (Lipinski definition) is 3. The Hall–Kier alpha value is -1.88. The summed E-state index contributed by atoms with van der Waals surface area (Å²) < 4.78 is 0. The molecule has 0 bridgehead atoms. The van der Waals surface area contributed by atoms with Gasteiger partial charge in [0.1, 0.15) is 0 Å². The first-order valence-corrected chi connectivity index (χ1v) is 6.34. The van der Waals surface area contributed by atoms with Crippen molar-refractivity contribution >= 4 is 11.9 Å². The summed E-state index contributed by atoms with van der Waals surface area (Å²) in [7, 11) is 0. The predicted octanol–water partition coefficient (Wildman–Crippen LogP) is 0.926. The first-order chi connectivity index (χ1) is 9.02. The minimum Gasteiger partial charge on any atom is -0.481 e. The first kappa shape index (κ1) is 15.2. The standard InChI is InChI=1S/C14H20N2O3/c1-2-11(8-10-6-4-3-5-7-10)16-14(19)12(15)9-13(17)18/h3-7,11-12H,2,8-9,15H2,1H3,(H,16,19)(H,17,18)/t11-,12+/m1/s1. The SMILES string of the molecule is CC[C@H](Cc1ccccc1)NC(=O)[C@@H](N)CC(=O)O. The maximum absolute atomic E-state index is 11.7. The third kappa shape index (κ3) is 5.52. The molecule has 1 amide bonds. The van der Waals surface area contributed by atoms with Crippen molar-refractivity contribution in [2.45, 2.75) is 38.3 Å². The number of hydrogen-bond donors (Lipinski definition) is 3. The summed E-state index contributed by atoms with van der Waals surface area (Å²) in [6.07, 6.45) is 1.12. The molecule has 4 N–H and O–H groups in total. The molecule has 5 nitrogen and oxygen atoms in total. The molecule has 19 heavy (non-hydrogen) atoms. The third-order valence-electron chi connectivity index (χ3n) is 2.90. The van der Waals surface area contributed by atoms with Gasteiger partial charge in [-0.05, 0) is 18.4 Å². The van der Waals surface area contributed by atoms with E-state index in [2.05, 4.69) is 5.32 Å². The number of carboxylic acid groups (broad SMARTS) is 1. The van der Waals surface area contributed by atoms with Gasteiger partial charge in [0.25, 0.3) is 0 Å². The van der Waals surface area contributed by atoms with E-state index in [1.165, 1.54) is 0 Å². The average Bonchev–Trinajstić information content (AvgIpc) is 2.38. The smallest absolute Gasteiger partial charge is 0.305 e. The van der Waals surface area contributed by atoms with Crippen molar-refractivity contribution in [3.8, 4) is 0 Å². The van der Waals surface area contributed by atoms with E-state index in [0.717, 1.165) is 12.0 Å². The Labute approximate surface area is 112 Å². The number of carbonyl (C=O) groups is 2. The van der Waals surface area contributed by atoms with Crippen LogP contribution < -0.4 is 11.1 Å². The Kier molecular flexibility index (Phi) is 6.02. The summed E-state index contributed by atoms with van der Waals surface area (Å²) in [5, 5.41) is 11.4. The van der Waals surface area contributed by atoms with Crippen molar-refractivity contribution in [1.29, 1.82) is 0 Å². The van der Waals surface area contributed by atoms with E-state index >= 15 is 0 Å². The van der Waals surface area contributed by atoms with E-state index in [0.29, 0.717) is 6.42 Å². The number of carbonyl (C=O) groups excluding carboxylic acids is 1. The summed E-state index contributed by atoms with van der Waals surface area (Å²) in [4.78, 5) is 22.2.